The maximum Gasteiger partial charge on any atom is 0.337 e. The van der Waals surface area contributed by atoms with Crippen LogP contribution in [0.2, 0.25) is 0 Å². The number of anilines is 1. The summed E-state index contributed by atoms with van der Waals surface area (Å²) in [5.74, 6) is -0.704. The average Bonchev–Trinajstić information content (AvgIpc) is 2.67. The van der Waals surface area contributed by atoms with Crippen molar-refractivity contribution in [1.29, 1.82) is 0 Å². The van der Waals surface area contributed by atoms with Crippen LogP contribution in [0.4, 0.5) is 11.4 Å². The van der Waals surface area contributed by atoms with Gasteiger partial charge in [-0.3, -0.25) is 14.9 Å². The number of nitro groups is 1. The molecule has 0 bridgehead atoms. The normalized spacial score (nSPS) is 10.0. The summed E-state index contributed by atoms with van der Waals surface area (Å²) in [7, 11) is 2.57. The molecule has 1 N–H and O–H groups in total. The van der Waals surface area contributed by atoms with Gasteiger partial charge in [-0.1, -0.05) is 6.07 Å². The third kappa shape index (κ3) is 4.94. The van der Waals surface area contributed by atoms with E-state index in [1.807, 2.05) is 0 Å². The van der Waals surface area contributed by atoms with Crippen LogP contribution in [0, 0.1) is 17.0 Å². The molecular weight excluding hydrogens is 356 g/mol. The lowest BCUT2D eigenvalue weighted by Crippen LogP contribution is -2.21. The van der Waals surface area contributed by atoms with Crippen LogP contribution in [-0.4, -0.2) is 37.6 Å². The molecule has 0 spiro atoms. The Morgan fingerprint density at radius 1 is 1.15 bits per heavy atom. The third-order valence-corrected chi connectivity index (χ3v) is 3.65. The van der Waals surface area contributed by atoms with Crippen LogP contribution < -0.4 is 14.8 Å². The largest absolute Gasteiger partial charge is 0.490 e. The standard InChI is InChI=1S/C18H18N2O7/c1-11-4-5-12(18(22)26-3)8-14(11)19-17(21)10-27-13-6-7-15(20(23)24)16(9-13)25-2/h4-9H,10H2,1-3H3,(H,19,21). The molecule has 0 saturated carbocycles. The fourth-order valence-electron chi connectivity index (χ4n) is 2.24. The van der Waals surface area contributed by atoms with Gasteiger partial charge in [0.15, 0.2) is 6.61 Å². The number of rotatable bonds is 7. The molecule has 2 aromatic carbocycles. The Labute approximate surface area is 155 Å². The zero-order valence-electron chi connectivity index (χ0n) is 15.0. The molecule has 0 fully saturated rings. The van der Waals surface area contributed by atoms with Gasteiger partial charge in [0.2, 0.25) is 5.75 Å². The van der Waals surface area contributed by atoms with Crippen molar-refractivity contribution in [3.8, 4) is 11.5 Å². The van der Waals surface area contributed by atoms with Crippen LogP contribution in [0.25, 0.3) is 0 Å². The highest BCUT2D eigenvalue weighted by Gasteiger charge is 2.16. The van der Waals surface area contributed by atoms with Crippen LogP contribution in [0.15, 0.2) is 36.4 Å². The molecular formula is C18H18N2O7. The molecule has 0 aliphatic carbocycles. The molecule has 2 aromatic rings. The zero-order valence-corrected chi connectivity index (χ0v) is 15.0. The van der Waals surface area contributed by atoms with Crippen molar-refractivity contribution in [1.82, 2.24) is 0 Å². The van der Waals surface area contributed by atoms with Crippen LogP contribution >= 0.6 is 0 Å². The van der Waals surface area contributed by atoms with Gasteiger partial charge in [0.25, 0.3) is 5.91 Å². The first-order valence-electron chi connectivity index (χ1n) is 7.79. The van der Waals surface area contributed by atoms with Crippen LogP contribution in [-0.2, 0) is 9.53 Å². The second-order valence-electron chi connectivity index (χ2n) is 5.45. The van der Waals surface area contributed by atoms with E-state index >= 15 is 0 Å². The van der Waals surface area contributed by atoms with Gasteiger partial charge >= 0.3 is 11.7 Å². The van der Waals surface area contributed by atoms with Crippen molar-refractivity contribution in [3.63, 3.8) is 0 Å². The van der Waals surface area contributed by atoms with E-state index in [4.69, 9.17) is 9.47 Å². The quantitative estimate of drug-likeness (QED) is 0.450. The summed E-state index contributed by atoms with van der Waals surface area (Å²) >= 11 is 0. The Hall–Kier alpha value is -3.62. The second-order valence-corrected chi connectivity index (χ2v) is 5.45. The van der Waals surface area contributed by atoms with Crippen LogP contribution in [0.5, 0.6) is 11.5 Å². The molecule has 9 nitrogen and oxygen atoms in total. The number of hydrogen-bond acceptors (Lipinski definition) is 7. The van der Waals surface area contributed by atoms with E-state index in [0.717, 1.165) is 5.56 Å². The van der Waals surface area contributed by atoms with Gasteiger partial charge in [0.05, 0.1) is 24.7 Å². The van der Waals surface area contributed by atoms with Gasteiger partial charge in [0.1, 0.15) is 5.75 Å². The van der Waals surface area contributed by atoms with Gasteiger partial charge in [0, 0.05) is 17.8 Å². The average molecular weight is 374 g/mol. The highest BCUT2D eigenvalue weighted by Crippen LogP contribution is 2.30. The molecule has 142 valence electrons. The van der Waals surface area contributed by atoms with Crippen molar-refractivity contribution in [2.75, 3.05) is 26.1 Å². The minimum Gasteiger partial charge on any atom is -0.490 e. The molecule has 0 atom stereocenters. The number of carbonyl (C=O) groups is 2. The summed E-state index contributed by atoms with van der Waals surface area (Å²) in [6.45, 7) is 1.45. The van der Waals surface area contributed by atoms with Gasteiger partial charge in [-0.25, -0.2) is 4.79 Å². The minimum absolute atomic E-state index is 0.0273. The molecule has 2 rings (SSSR count). The first-order valence-corrected chi connectivity index (χ1v) is 7.79. The molecule has 1 amide bonds. The fourth-order valence-corrected chi connectivity index (χ4v) is 2.24. The van der Waals surface area contributed by atoms with Crippen LogP contribution in [0.1, 0.15) is 15.9 Å². The molecule has 9 heteroatoms. The van der Waals surface area contributed by atoms with E-state index in [2.05, 4.69) is 10.1 Å². The summed E-state index contributed by atoms with van der Waals surface area (Å²) in [5, 5.41) is 13.5. The third-order valence-electron chi connectivity index (χ3n) is 3.65. The number of amides is 1. The number of hydrogen-bond donors (Lipinski definition) is 1. The molecule has 0 aliphatic rings. The second kappa shape index (κ2) is 8.65. The van der Waals surface area contributed by atoms with Crippen molar-refractivity contribution in [3.05, 3.63) is 57.6 Å². The van der Waals surface area contributed by atoms with Crippen molar-refractivity contribution in [2.24, 2.45) is 0 Å². The molecule has 27 heavy (non-hydrogen) atoms. The number of carbonyl (C=O) groups excluding carboxylic acids is 2. The Morgan fingerprint density at radius 2 is 1.89 bits per heavy atom. The van der Waals surface area contributed by atoms with Gasteiger partial charge in [-0.05, 0) is 30.7 Å². The number of ether oxygens (including phenoxy) is 3. The first-order chi connectivity index (χ1) is 12.8. The predicted octanol–water partition coefficient (Wildman–Crippen LogP) is 2.72. The Kier molecular flexibility index (Phi) is 6.32. The Morgan fingerprint density at radius 3 is 2.52 bits per heavy atom. The summed E-state index contributed by atoms with van der Waals surface area (Å²) in [5.41, 5.74) is 1.31. The number of esters is 1. The highest BCUT2D eigenvalue weighted by atomic mass is 16.6. The van der Waals surface area contributed by atoms with E-state index in [0.29, 0.717) is 11.3 Å². The molecule has 0 saturated heterocycles. The fraction of sp³-hybridized carbons (Fsp3) is 0.222. The van der Waals surface area contributed by atoms with Crippen molar-refractivity contribution >= 4 is 23.3 Å². The van der Waals surface area contributed by atoms with E-state index in [1.54, 1.807) is 19.1 Å². The van der Waals surface area contributed by atoms with E-state index in [1.165, 1.54) is 38.5 Å². The van der Waals surface area contributed by atoms with Crippen molar-refractivity contribution in [2.45, 2.75) is 6.92 Å². The summed E-state index contributed by atoms with van der Waals surface area (Å²) in [6.07, 6.45) is 0. The summed E-state index contributed by atoms with van der Waals surface area (Å²) < 4.78 is 14.9. The van der Waals surface area contributed by atoms with E-state index < -0.39 is 16.8 Å². The predicted molar refractivity (Wildman–Crippen MR) is 96.3 cm³/mol. The molecule has 0 heterocycles. The lowest BCUT2D eigenvalue weighted by molar-refractivity contribution is -0.385. The van der Waals surface area contributed by atoms with Gasteiger partial charge in [-0.15, -0.1) is 0 Å². The minimum atomic E-state index is -0.577. The zero-order chi connectivity index (χ0) is 20.0. The number of nitrogens with zero attached hydrogens (tertiary/aromatic N) is 1. The van der Waals surface area contributed by atoms with Crippen LogP contribution in [0.3, 0.4) is 0 Å². The van der Waals surface area contributed by atoms with E-state index in [9.17, 15) is 19.7 Å². The first kappa shape index (κ1) is 19.7. The monoisotopic (exact) mass is 374 g/mol. The Balaban J connectivity index is 2.05. The number of benzene rings is 2. The number of nitrogens with one attached hydrogen (secondary N) is 1. The highest BCUT2D eigenvalue weighted by molar-refractivity contribution is 5.95. The lowest BCUT2D eigenvalue weighted by atomic mass is 10.1. The van der Waals surface area contributed by atoms with Gasteiger partial charge in [-0.2, -0.15) is 0 Å². The number of nitro benzene ring substituents is 1. The topological polar surface area (TPSA) is 117 Å². The van der Waals surface area contributed by atoms with E-state index in [-0.39, 0.29) is 23.8 Å². The maximum absolute atomic E-state index is 12.1. The molecule has 0 radical (unpaired) electrons. The summed E-state index contributed by atoms with van der Waals surface area (Å²) in [6, 6.07) is 8.72. The lowest BCUT2D eigenvalue weighted by Gasteiger charge is -2.11. The van der Waals surface area contributed by atoms with Crippen molar-refractivity contribution < 1.29 is 28.7 Å². The maximum atomic E-state index is 12.1. The van der Waals surface area contributed by atoms with Gasteiger partial charge < -0.3 is 19.5 Å². The smallest absolute Gasteiger partial charge is 0.337 e. The molecule has 0 aliphatic heterocycles. The molecule has 0 aromatic heterocycles. The molecule has 0 unspecified atom stereocenters. The number of aryl methyl sites for hydroxylation is 1. The SMILES string of the molecule is COC(=O)c1ccc(C)c(NC(=O)COc2ccc([N+](=O)[O-])c(OC)c2)c1. The summed E-state index contributed by atoms with van der Waals surface area (Å²) in [4.78, 5) is 34.0. The number of methoxy groups -OCH3 is 2. The Bertz CT molecular complexity index is 880.